The summed E-state index contributed by atoms with van der Waals surface area (Å²) in [6, 6.07) is 2.98. The minimum Gasteiger partial charge on any atom is -0.384 e. The molecule has 0 spiro atoms. The maximum atomic E-state index is 11.8. The first kappa shape index (κ1) is 14.2. The number of pyridine rings is 1. The summed E-state index contributed by atoms with van der Waals surface area (Å²) in [5, 5.41) is 2.74. The maximum Gasteiger partial charge on any atom is 0.271 e. The number of primary amides is 1. The number of carbonyl (C=O) groups excluding carboxylic acids is 2. The number of nitrogens with two attached hydrogens (primary N) is 2. The first-order valence-electron chi connectivity index (χ1n) is 5.24. The zero-order valence-corrected chi connectivity index (χ0v) is 10.9. The van der Waals surface area contributed by atoms with E-state index in [1.165, 1.54) is 12.1 Å². The van der Waals surface area contributed by atoms with Crippen LogP contribution in [0.1, 0.15) is 24.3 Å². The van der Waals surface area contributed by atoms with E-state index >= 15 is 0 Å². The zero-order chi connectivity index (χ0) is 13.9. The molecule has 0 aliphatic heterocycles. The van der Waals surface area contributed by atoms with Crippen molar-refractivity contribution in [2.45, 2.75) is 13.8 Å². The molecule has 0 bridgehead atoms. The zero-order valence-electron chi connectivity index (χ0n) is 10.2. The van der Waals surface area contributed by atoms with Crippen LogP contribution in [-0.4, -0.2) is 23.3 Å². The van der Waals surface area contributed by atoms with Gasteiger partial charge in [-0.15, -0.1) is 0 Å². The molecule has 0 fully saturated rings. The molecule has 0 radical (unpaired) electrons. The molecule has 1 rings (SSSR count). The Kier molecular flexibility index (Phi) is 4.13. The van der Waals surface area contributed by atoms with Crippen LogP contribution in [0.3, 0.4) is 0 Å². The largest absolute Gasteiger partial charge is 0.384 e. The molecule has 7 heteroatoms. The van der Waals surface area contributed by atoms with Crippen LogP contribution in [0.5, 0.6) is 0 Å². The summed E-state index contributed by atoms with van der Waals surface area (Å²) in [4.78, 5) is 26.8. The van der Waals surface area contributed by atoms with E-state index in [2.05, 4.69) is 10.3 Å². The lowest BCUT2D eigenvalue weighted by atomic mass is 9.93. The van der Waals surface area contributed by atoms with Gasteiger partial charge in [-0.1, -0.05) is 11.6 Å². The van der Waals surface area contributed by atoms with Crippen molar-refractivity contribution in [1.82, 2.24) is 10.3 Å². The van der Waals surface area contributed by atoms with E-state index in [4.69, 9.17) is 23.1 Å². The van der Waals surface area contributed by atoms with Crippen molar-refractivity contribution in [2.75, 3.05) is 12.3 Å². The average molecular weight is 271 g/mol. The predicted molar refractivity (Wildman–Crippen MR) is 69.0 cm³/mol. The highest BCUT2D eigenvalue weighted by atomic mass is 35.5. The first-order chi connectivity index (χ1) is 8.24. The van der Waals surface area contributed by atoms with Crippen LogP contribution >= 0.6 is 11.6 Å². The molecule has 5 N–H and O–H groups in total. The Morgan fingerprint density at radius 3 is 2.61 bits per heavy atom. The summed E-state index contributed by atoms with van der Waals surface area (Å²) >= 11 is 5.83. The lowest BCUT2D eigenvalue weighted by molar-refractivity contribution is -0.125. The Labute approximate surface area is 110 Å². The number of nitrogens with one attached hydrogen (secondary N) is 1. The summed E-state index contributed by atoms with van der Waals surface area (Å²) in [5.41, 5.74) is 9.85. The van der Waals surface area contributed by atoms with Gasteiger partial charge in [-0.2, -0.15) is 0 Å². The third kappa shape index (κ3) is 3.33. The highest BCUT2D eigenvalue weighted by Gasteiger charge is 2.26. The predicted octanol–water partition coefficient (Wildman–Crippen LogP) is 0.558. The Morgan fingerprint density at radius 2 is 2.06 bits per heavy atom. The van der Waals surface area contributed by atoms with Gasteiger partial charge in [0.1, 0.15) is 11.5 Å². The fourth-order valence-electron chi connectivity index (χ4n) is 1.09. The molecule has 0 saturated carbocycles. The Morgan fingerprint density at radius 1 is 1.44 bits per heavy atom. The molecular weight excluding hydrogens is 256 g/mol. The second-order valence-electron chi connectivity index (χ2n) is 4.50. The molecule has 6 nitrogen and oxygen atoms in total. The number of aromatic nitrogens is 1. The number of nitrogen functional groups attached to an aromatic ring is 1. The molecule has 0 aromatic carbocycles. The van der Waals surface area contributed by atoms with Gasteiger partial charge in [-0.05, 0) is 26.0 Å². The van der Waals surface area contributed by atoms with E-state index in [-0.39, 0.29) is 23.1 Å². The van der Waals surface area contributed by atoms with Gasteiger partial charge in [0.2, 0.25) is 5.91 Å². The molecule has 1 aromatic rings. The lowest BCUT2D eigenvalue weighted by Crippen LogP contribution is -2.42. The van der Waals surface area contributed by atoms with Gasteiger partial charge in [0.25, 0.3) is 5.91 Å². The molecule has 0 atom stereocenters. The van der Waals surface area contributed by atoms with Crippen molar-refractivity contribution in [3.05, 3.63) is 22.8 Å². The van der Waals surface area contributed by atoms with Gasteiger partial charge in [0.15, 0.2) is 0 Å². The number of carbonyl (C=O) groups is 2. The molecule has 0 saturated heterocycles. The van der Waals surface area contributed by atoms with E-state index in [1.807, 2.05) is 0 Å². The molecule has 2 amide bonds. The first-order valence-corrected chi connectivity index (χ1v) is 5.62. The van der Waals surface area contributed by atoms with E-state index in [0.717, 1.165) is 0 Å². The van der Waals surface area contributed by atoms with Crippen molar-refractivity contribution in [2.24, 2.45) is 11.1 Å². The van der Waals surface area contributed by atoms with E-state index in [1.54, 1.807) is 13.8 Å². The highest BCUT2D eigenvalue weighted by Crippen LogP contribution is 2.16. The number of nitrogens with zero attached hydrogens (tertiary/aromatic N) is 1. The SMILES string of the molecule is CC(C)(CNC(=O)c1nc(N)ccc1Cl)C(N)=O. The third-order valence-corrected chi connectivity index (χ3v) is 2.75. The summed E-state index contributed by atoms with van der Waals surface area (Å²) < 4.78 is 0. The Balaban J connectivity index is 2.78. The summed E-state index contributed by atoms with van der Waals surface area (Å²) in [6.45, 7) is 3.35. The normalized spacial score (nSPS) is 11.1. The van der Waals surface area contributed by atoms with E-state index in [0.29, 0.717) is 0 Å². The van der Waals surface area contributed by atoms with Crippen molar-refractivity contribution >= 4 is 29.2 Å². The third-order valence-electron chi connectivity index (χ3n) is 2.44. The van der Waals surface area contributed by atoms with E-state index in [9.17, 15) is 9.59 Å². The standard InChI is InChI=1S/C11H15ClN4O2/c1-11(2,10(14)18)5-15-9(17)8-6(12)3-4-7(13)16-8/h3-4H,5H2,1-2H3,(H2,13,16)(H2,14,18)(H,15,17). The van der Waals surface area contributed by atoms with Gasteiger partial charge in [0, 0.05) is 6.54 Å². The van der Waals surface area contributed by atoms with Gasteiger partial charge in [0.05, 0.1) is 10.4 Å². The summed E-state index contributed by atoms with van der Waals surface area (Å²) in [7, 11) is 0. The Bertz CT molecular complexity index is 488. The maximum absolute atomic E-state index is 11.8. The molecular formula is C11H15ClN4O2. The van der Waals surface area contributed by atoms with Gasteiger partial charge >= 0.3 is 0 Å². The Hall–Kier alpha value is -1.82. The van der Waals surface area contributed by atoms with E-state index < -0.39 is 17.2 Å². The van der Waals surface area contributed by atoms with Crippen LogP contribution in [0.4, 0.5) is 5.82 Å². The van der Waals surface area contributed by atoms with Gasteiger partial charge < -0.3 is 16.8 Å². The molecule has 0 aliphatic carbocycles. The quantitative estimate of drug-likeness (QED) is 0.742. The van der Waals surface area contributed by atoms with Crippen molar-refractivity contribution in [1.29, 1.82) is 0 Å². The number of anilines is 1. The fourth-order valence-corrected chi connectivity index (χ4v) is 1.28. The second-order valence-corrected chi connectivity index (χ2v) is 4.90. The lowest BCUT2D eigenvalue weighted by Gasteiger charge is -2.20. The van der Waals surface area contributed by atoms with Crippen molar-refractivity contribution < 1.29 is 9.59 Å². The van der Waals surface area contributed by atoms with Crippen molar-refractivity contribution in [3.63, 3.8) is 0 Å². The highest BCUT2D eigenvalue weighted by molar-refractivity contribution is 6.33. The van der Waals surface area contributed by atoms with Crippen LogP contribution in [0.25, 0.3) is 0 Å². The minimum absolute atomic E-state index is 0.0249. The van der Waals surface area contributed by atoms with Crippen molar-refractivity contribution in [3.8, 4) is 0 Å². The summed E-state index contributed by atoms with van der Waals surface area (Å²) in [6.07, 6.45) is 0. The topological polar surface area (TPSA) is 111 Å². The number of amides is 2. The monoisotopic (exact) mass is 270 g/mol. The fraction of sp³-hybridized carbons (Fsp3) is 0.364. The van der Waals surface area contributed by atoms with Crippen LogP contribution in [0.2, 0.25) is 5.02 Å². The number of hydrogen-bond donors (Lipinski definition) is 3. The molecule has 0 unspecified atom stereocenters. The smallest absolute Gasteiger partial charge is 0.271 e. The molecule has 0 aliphatic rings. The molecule has 1 aromatic heterocycles. The minimum atomic E-state index is -0.845. The molecule has 98 valence electrons. The van der Waals surface area contributed by atoms with Gasteiger partial charge in [-0.25, -0.2) is 4.98 Å². The van der Waals surface area contributed by atoms with Crippen LogP contribution in [0.15, 0.2) is 12.1 Å². The summed E-state index contributed by atoms with van der Waals surface area (Å²) in [5.74, 6) is -0.810. The number of hydrogen-bond acceptors (Lipinski definition) is 4. The molecule has 18 heavy (non-hydrogen) atoms. The number of halogens is 1. The van der Waals surface area contributed by atoms with Gasteiger partial charge in [-0.3, -0.25) is 9.59 Å². The van der Waals surface area contributed by atoms with Crippen LogP contribution in [0, 0.1) is 5.41 Å². The second kappa shape index (κ2) is 5.22. The molecule has 1 heterocycles. The van der Waals surface area contributed by atoms with Crippen LogP contribution in [-0.2, 0) is 4.79 Å². The van der Waals surface area contributed by atoms with Crippen LogP contribution < -0.4 is 16.8 Å². The average Bonchev–Trinajstić information content (AvgIpc) is 2.29. The number of rotatable bonds is 4.